The van der Waals surface area contributed by atoms with Crippen molar-refractivity contribution in [2.45, 2.75) is 38.8 Å². The number of esters is 1. The molecule has 1 atom stereocenters. The summed E-state index contributed by atoms with van der Waals surface area (Å²) < 4.78 is 5.08. The largest absolute Gasteiger partial charge is 0.462 e. The first-order chi connectivity index (χ1) is 10.5. The quantitative estimate of drug-likeness (QED) is 0.599. The van der Waals surface area contributed by atoms with Crippen molar-refractivity contribution in [3.8, 4) is 0 Å². The Morgan fingerprint density at radius 1 is 1.41 bits per heavy atom. The number of nitrogens with two attached hydrogens (primary N) is 2. The van der Waals surface area contributed by atoms with E-state index in [9.17, 15) is 4.79 Å². The number of benzene rings is 1. The maximum atomic E-state index is 11.9. The number of hydrogen-bond acceptors (Lipinski definition) is 4. The minimum Gasteiger partial charge on any atom is -0.462 e. The number of fused-ring (bicyclic) bond motifs is 3. The van der Waals surface area contributed by atoms with Gasteiger partial charge in [-0.05, 0) is 49.4 Å². The lowest BCUT2D eigenvalue weighted by Crippen LogP contribution is -2.50. The number of H-pyrrole nitrogens is 1. The van der Waals surface area contributed by atoms with Crippen LogP contribution in [0.1, 0.15) is 48.3 Å². The summed E-state index contributed by atoms with van der Waals surface area (Å²) >= 11 is 0. The molecule has 1 aliphatic rings. The molecule has 0 saturated heterocycles. The molecule has 0 radical (unpaired) electrons. The highest BCUT2D eigenvalue weighted by atomic mass is 16.5. The Labute approximate surface area is 130 Å². The number of carbonyl (C=O) groups is 1. The van der Waals surface area contributed by atoms with Crippen LogP contribution in [0.2, 0.25) is 0 Å². The number of ether oxygens (including phenoxy) is 1. The van der Waals surface area contributed by atoms with E-state index < -0.39 is 5.66 Å². The molecule has 1 aromatic heterocycles. The molecule has 0 aliphatic heterocycles. The lowest BCUT2D eigenvalue weighted by Gasteiger charge is -2.34. The second-order valence-corrected chi connectivity index (χ2v) is 6.18. The van der Waals surface area contributed by atoms with Gasteiger partial charge < -0.3 is 21.2 Å². The summed E-state index contributed by atoms with van der Waals surface area (Å²) in [6.07, 6.45) is 2.75. The minimum absolute atomic E-state index is 0.297. The van der Waals surface area contributed by atoms with Gasteiger partial charge in [0.05, 0.1) is 17.9 Å². The Hall–Kier alpha value is -1.85. The molecule has 0 spiro atoms. The molecule has 2 aromatic rings. The lowest BCUT2D eigenvalue weighted by atomic mass is 9.79. The normalized spacial score (nSPS) is 19.9. The smallest absolute Gasteiger partial charge is 0.338 e. The topological polar surface area (TPSA) is 94.1 Å². The highest BCUT2D eigenvalue weighted by Crippen LogP contribution is 2.38. The number of carbonyl (C=O) groups excluding carboxylic acids is 1. The SMILES string of the molecule is CCOC(=O)c1ccc2[nH]c3c(c2c1)CC(CC)CC3(N)N. The van der Waals surface area contributed by atoms with Crippen LogP contribution in [0.5, 0.6) is 0 Å². The molecule has 5 nitrogen and oxygen atoms in total. The zero-order valence-electron chi connectivity index (χ0n) is 13.1. The highest BCUT2D eigenvalue weighted by molar-refractivity contribution is 5.96. The number of aromatic nitrogens is 1. The third kappa shape index (κ3) is 2.40. The number of rotatable bonds is 3. The monoisotopic (exact) mass is 301 g/mol. The highest BCUT2D eigenvalue weighted by Gasteiger charge is 2.36. The summed E-state index contributed by atoms with van der Waals surface area (Å²) in [5.74, 6) is 0.168. The fourth-order valence-corrected chi connectivity index (χ4v) is 3.43. The molecule has 1 aromatic carbocycles. The average molecular weight is 301 g/mol. The average Bonchev–Trinajstić information content (AvgIpc) is 2.86. The predicted molar refractivity (Wildman–Crippen MR) is 86.4 cm³/mol. The van der Waals surface area contributed by atoms with Crippen LogP contribution in [0.25, 0.3) is 10.9 Å². The Balaban J connectivity index is 2.12. The van der Waals surface area contributed by atoms with E-state index in [2.05, 4.69) is 11.9 Å². The first-order valence-corrected chi connectivity index (χ1v) is 7.86. The van der Waals surface area contributed by atoms with Crippen molar-refractivity contribution in [1.29, 1.82) is 0 Å². The van der Waals surface area contributed by atoms with Crippen LogP contribution in [0.3, 0.4) is 0 Å². The van der Waals surface area contributed by atoms with E-state index in [1.165, 1.54) is 0 Å². The molecule has 3 rings (SSSR count). The molecule has 5 heteroatoms. The summed E-state index contributed by atoms with van der Waals surface area (Å²) in [6, 6.07) is 5.56. The molecule has 1 unspecified atom stereocenters. The molecule has 0 bridgehead atoms. The molecule has 0 fully saturated rings. The first kappa shape index (κ1) is 15.1. The van der Waals surface area contributed by atoms with Crippen molar-refractivity contribution in [1.82, 2.24) is 4.98 Å². The standard InChI is InChI=1S/C17H23N3O2/c1-3-10-7-13-12-8-11(16(21)22-4-2)5-6-14(12)20-15(13)17(18,19)9-10/h5-6,8,10,20H,3-4,7,9,18-19H2,1-2H3. The molecule has 1 heterocycles. The zero-order valence-corrected chi connectivity index (χ0v) is 13.1. The summed E-state index contributed by atoms with van der Waals surface area (Å²) in [5.41, 5.74) is 15.4. The molecular weight excluding hydrogens is 278 g/mol. The second-order valence-electron chi connectivity index (χ2n) is 6.18. The van der Waals surface area contributed by atoms with Crippen molar-refractivity contribution in [3.05, 3.63) is 35.0 Å². The van der Waals surface area contributed by atoms with Gasteiger partial charge in [-0.25, -0.2) is 4.79 Å². The fraction of sp³-hybridized carbons (Fsp3) is 0.471. The maximum absolute atomic E-state index is 11.9. The zero-order chi connectivity index (χ0) is 15.9. The maximum Gasteiger partial charge on any atom is 0.338 e. The fourth-order valence-electron chi connectivity index (χ4n) is 3.43. The van der Waals surface area contributed by atoms with Crippen molar-refractivity contribution in [2.75, 3.05) is 6.61 Å². The van der Waals surface area contributed by atoms with E-state index in [1.807, 2.05) is 12.1 Å². The van der Waals surface area contributed by atoms with Crippen LogP contribution in [0.4, 0.5) is 0 Å². The Morgan fingerprint density at radius 3 is 2.86 bits per heavy atom. The molecule has 5 N–H and O–H groups in total. The van der Waals surface area contributed by atoms with Gasteiger partial charge in [0.25, 0.3) is 0 Å². The molecule has 1 aliphatic carbocycles. The van der Waals surface area contributed by atoms with Crippen molar-refractivity contribution in [2.24, 2.45) is 17.4 Å². The van der Waals surface area contributed by atoms with E-state index >= 15 is 0 Å². The van der Waals surface area contributed by atoms with Crippen molar-refractivity contribution in [3.63, 3.8) is 0 Å². The van der Waals surface area contributed by atoms with Gasteiger partial charge in [-0.3, -0.25) is 0 Å². The first-order valence-electron chi connectivity index (χ1n) is 7.86. The van der Waals surface area contributed by atoms with Gasteiger partial charge >= 0.3 is 5.97 Å². The number of nitrogens with one attached hydrogen (secondary N) is 1. The summed E-state index contributed by atoms with van der Waals surface area (Å²) in [4.78, 5) is 15.3. The van der Waals surface area contributed by atoms with Gasteiger partial charge in [0.15, 0.2) is 0 Å². The summed E-state index contributed by atoms with van der Waals surface area (Å²) in [7, 11) is 0. The molecule has 22 heavy (non-hydrogen) atoms. The Morgan fingerprint density at radius 2 is 2.18 bits per heavy atom. The van der Waals surface area contributed by atoms with Crippen LogP contribution in [0.15, 0.2) is 18.2 Å². The summed E-state index contributed by atoms with van der Waals surface area (Å²) in [5, 5.41) is 1.03. The van der Waals surface area contributed by atoms with E-state index in [1.54, 1.807) is 13.0 Å². The molecule has 0 amide bonds. The van der Waals surface area contributed by atoms with Crippen LogP contribution in [-0.4, -0.2) is 17.6 Å². The van der Waals surface area contributed by atoms with Crippen LogP contribution < -0.4 is 11.5 Å². The number of hydrogen-bond donors (Lipinski definition) is 3. The van der Waals surface area contributed by atoms with Gasteiger partial charge in [0.2, 0.25) is 0 Å². The lowest BCUT2D eigenvalue weighted by molar-refractivity contribution is 0.0526. The van der Waals surface area contributed by atoms with Crippen LogP contribution in [-0.2, 0) is 16.8 Å². The Kier molecular flexibility index (Phi) is 3.70. The molecule has 0 saturated carbocycles. The van der Waals surface area contributed by atoms with Gasteiger partial charge in [-0.1, -0.05) is 13.3 Å². The van der Waals surface area contributed by atoms with Gasteiger partial charge in [-0.15, -0.1) is 0 Å². The van der Waals surface area contributed by atoms with E-state index in [4.69, 9.17) is 16.2 Å². The second kappa shape index (κ2) is 5.41. The predicted octanol–water partition coefficient (Wildman–Crippen LogP) is 2.39. The van der Waals surface area contributed by atoms with Crippen molar-refractivity contribution >= 4 is 16.9 Å². The third-order valence-corrected chi connectivity index (χ3v) is 4.58. The van der Waals surface area contributed by atoms with Crippen LogP contribution in [0, 0.1) is 5.92 Å². The van der Waals surface area contributed by atoms with E-state index in [-0.39, 0.29) is 5.97 Å². The van der Waals surface area contributed by atoms with Gasteiger partial charge in [0, 0.05) is 10.9 Å². The molecule has 118 valence electrons. The van der Waals surface area contributed by atoms with Crippen LogP contribution >= 0.6 is 0 Å². The van der Waals surface area contributed by atoms with Gasteiger partial charge in [-0.2, -0.15) is 0 Å². The summed E-state index contributed by atoms with van der Waals surface area (Å²) in [6.45, 7) is 4.33. The Bertz CT molecular complexity index is 718. The van der Waals surface area contributed by atoms with E-state index in [0.29, 0.717) is 18.1 Å². The third-order valence-electron chi connectivity index (χ3n) is 4.58. The minimum atomic E-state index is -0.836. The number of aromatic amines is 1. The van der Waals surface area contributed by atoms with Gasteiger partial charge in [0.1, 0.15) is 5.66 Å². The van der Waals surface area contributed by atoms with Crippen molar-refractivity contribution < 1.29 is 9.53 Å². The van der Waals surface area contributed by atoms with E-state index in [0.717, 1.165) is 41.4 Å². The molecular formula is C17H23N3O2.